The van der Waals surface area contributed by atoms with E-state index in [0.717, 1.165) is 0 Å². The fourth-order valence-corrected chi connectivity index (χ4v) is 4.30. The molecule has 0 aliphatic carbocycles. The summed E-state index contributed by atoms with van der Waals surface area (Å²) in [6.45, 7) is 3.42. The molecule has 4 amide bonds. The SMILES string of the molecule is CCOC1OC(=O)CC1NC(=O)C1CC(F)(F)CN1C(=O)C(C)NC(=O)c1ccc(NC(C)=O)c(Cl)c1. The number of anilines is 1. The van der Waals surface area contributed by atoms with E-state index >= 15 is 0 Å². The van der Waals surface area contributed by atoms with Crippen molar-refractivity contribution in [3.05, 3.63) is 28.8 Å². The molecule has 2 saturated heterocycles. The lowest BCUT2D eigenvalue weighted by atomic mass is 10.1. The normalized spacial score (nSPS) is 23.2. The Morgan fingerprint density at radius 2 is 2.00 bits per heavy atom. The van der Waals surface area contributed by atoms with Crippen molar-refractivity contribution in [1.82, 2.24) is 15.5 Å². The highest BCUT2D eigenvalue weighted by Gasteiger charge is 2.51. The number of esters is 1. The lowest BCUT2D eigenvalue weighted by molar-refractivity contribution is -0.164. The van der Waals surface area contributed by atoms with Crippen molar-refractivity contribution in [3.8, 4) is 0 Å². The van der Waals surface area contributed by atoms with Crippen LogP contribution < -0.4 is 16.0 Å². The minimum atomic E-state index is -3.34. The quantitative estimate of drug-likeness (QED) is 0.420. The molecule has 1 aromatic carbocycles. The summed E-state index contributed by atoms with van der Waals surface area (Å²) in [5, 5.41) is 7.45. The van der Waals surface area contributed by atoms with Crippen molar-refractivity contribution in [1.29, 1.82) is 0 Å². The highest BCUT2D eigenvalue weighted by molar-refractivity contribution is 6.34. The monoisotopic (exact) mass is 544 g/mol. The van der Waals surface area contributed by atoms with E-state index in [0.29, 0.717) is 4.90 Å². The maximum absolute atomic E-state index is 14.3. The van der Waals surface area contributed by atoms with Gasteiger partial charge in [0.25, 0.3) is 11.8 Å². The predicted octanol–water partition coefficient (Wildman–Crippen LogP) is 1.45. The third-order valence-electron chi connectivity index (χ3n) is 5.74. The Hall–Kier alpha value is -3.32. The van der Waals surface area contributed by atoms with Gasteiger partial charge in [-0.1, -0.05) is 11.6 Å². The fraction of sp³-hybridized carbons (Fsp3) is 0.522. The van der Waals surface area contributed by atoms with Gasteiger partial charge in [0, 0.05) is 25.5 Å². The molecule has 2 fully saturated rings. The first-order valence-electron chi connectivity index (χ1n) is 11.5. The first kappa shape index (κ1) is 28.3. The van der Waals surface area contributed by atoms with Gasteiger partial charge < -0.3 is 30.3 Å². The summed E-state index contributed by atoms with van der Waals surface area (Å²) in [6, 6.07) is 0.348. The van der Waals surface area contributed by atoms with Crippen LogP contribution in [0, 0.1) is 0 Å². The number of carbonyl (C=O) groups is 5. The van der Waals surface area contributed by atoms with Crippen molar-refractivity contribution in [2.75, 3.05) is 18.5 Å². The molecule has 0 radical (unpaired) electrons. The van der Waals surface area contributed by atoms with Gasteiger partial charge in [0.15, 0.2) is 0 Å². The molecule has 0 aromatic heterocycles. The van der Waals surface area contributed by atoms with Gasteiger partial charge in [0.1, 0.15) is 18.1 Å². The number of likely N-dealkylation sites (tertiary alicyclic amines) is 1. The first-order valence-corrected chi connectivity index (χ1v) is 11.9. The number of benzene rings is 1. The lowest BCUT2D eigenvalue weighted by Gasteiger charge is -2.28. The number of halogens is 3. The largest absolute Gasteiger partial charge is 0.433 e. The van der Waals surface area contributed by atoms with E-state index in [9.17, 15) is 32.8 Å². The van der Waals surface area contributed by atoms with Crippen LogP contribution in [-0.2, 0) is 28.7 Å². The van der Waals surface area contributed by atoms with Gasteiger partial charge >= 0.3 is 5.97 Å². The maximum Gasteiger partial charge on any atom is 0.310 e. The highest BCUT2D eigenvalue weighted by atomic mass is 35.5. The number of nitrogens with zero attached hydrogens (tertiary/aromatic N) is 1. The summed E-state index contributed by atoms with van der Waals surface area (Å²) in [5.74, 6) is -6.82. The standard InChI is InChI=1S/C23H27ClF2N4O7/c1-4-36-22-16(8-18(32)37-22)29-20(34)17-9-23(25,26)10-30(17)21(35)11(2)27-19(33)13-5-6-15(14(24)7-13)28-12(3)31/h5-7,11,16-17,22H,4,8-10H2,1-3H3,(H,27,33)(H,28,31)(H,29,34). The van der Waals surface area contributed by atoms with Crippen LogP contribution in [0.2, 0.25) is 5.02 Å². The Morgan fingerprint density at radius 3 is 2.62 bits per heavy atom. The molecular weight excluding hydrogens is 518 g/mol. The average Bonchev–Trinajstić information content (AvgIpc) is 3.32. The summed E-state index contributed by atoms with van der Waals surface area (Å²) in [4.78, 5) is 62.1. The number of amides is 4. The molecule has 11 nitrogen and oxygen atoms in total. The van der Waals surface area contributed by atoms with E-state index in [1.54, 1.807) is 6.92 Å². The molecule has 2 aliphatic rings. The van der Waals surface area contributed by atoms with Crippen LogP contribution in [0.1, 0.15) is 44.0 Å². The van der Waals surface area contributed by atoms with Crippen LogP contribution in [0.25, 0.3) is 0 Å². The molecule has 4 unspecified atom stereocenters. The first-order chi connectivity index (χ1) is 17.3. The van der Waals surface area contributed by atoms with Gasteiger partial charge in [-0.25, -0.2) is 8.78 Å². The van der Waals surface area contributed by atoms with Crippen LogP contribution >= 0.6 is 11.6 Å². The zero-order valence-corrected chi connectivity index (χ0v) is 21.1. The smallest absolute Gasteiger partial charge is 0.310 e. The second kappa shape index (κ2) is 11.4. The number of alkyl halides is 2. The van der Waals surface area contributed by atoms with Gasteiger partial charge in [-0.3, -0.25) is 24.0 Å². The third kappa shape index (κ3) is 6.92. The second-order valence-electron chi connectivity index (χ2n) is 8.75. The number of carbonyl (C=O) groups excluding carboxylic acids is 5. The Labute approximate surface area is 216 Å². The van der Waals surface area contributed by atoms with E-state index in [1.807, 2.05) is 0 Å². The van der Waals surface area contributed by atoms with Gasteiger partial charge in [-0.2, -0.15) is 0 Å². The van der Waals surface area contributed by atoms with E-state index in [4.69, 9.17) is 21.1 Å². The third-order valence-corrected chi connectivity index (χ3v) is 6.05. The lowest BCUT2D eigenvalue weighted by Crippen LogP contribution is -2.54. The van der Waals surface area contributed by atoms with Crippen LogP contribution in [-0.4, -0.2) is 78.0 Å². The number of hydrogen-bond acceptors (Lipinski definition) is 7. The van der Waals surface area contributed by atoms with Crippen LogP contribution in [0.3, 0.4) is 0 Å². The minimum absolute atomic E-state index is 0.0627. The van der Waals surface area contributed by atoms with Gasteiger partial charge in [-0.15, -0.1) is 0 Å². The van der Waals surface area contributed by atoms with E-state index < -0.39 is 67.0 Å². The average molecular weight is 545 g/mol. The number of nitrogens with one attached hydrogen (secondary N) is 3. The molecule has 37 heavy (non-hydrogen) atoms. The second-order valence-corrected chi connectivity index (χ2v) is 9.15. The number of hydrogen-bond donors (Lipinski definition) is 3. The Balaban J connectivity index is 1.68. The predicted molar refractivity (Wildman–Crippen MR) is 126 cm³/mol. The molecule has 0 saturated carbocycles. The summed E-state index contributed by atoms with van der Waals surface area (Å²) in [5.41, 5.74) is 0.344. The highest BCUT2D eigenvalue weighted by Crippen LogP contribution is 2.33. The summed E-state index contributed by atoms with van der Waals surface area (Å²) < 4.78 is 38.8. The Bertz CT molecular complexity index is 1100. The Kier molecular flexibility index (Phi) is 8.69. The molecular formula is C23H27ClF2N4O7. The number of cyclic esters (lactones) is 1. The molecule has 2 heterocycles. The topological polar surface area (TPSA) is 143 Å². The zero-order chi connectivity index (χ0) is 27.5. The molecule has 1 aromatic rings. The van der Waals surface area contributed by atoms with Crippen LogP contribution in [0.4, 0.5) is 14.5 Å². The van der Waals surface area contributed by atoms with Gasteiger partial charge in [0.2, 0.25) is 24.0 Å². The molecule has 2 aliphatic heterocycles. The maximum atomic E-state index is 14.3. The van der Waals surface area contributed by atoms with Crippen molar-refractivity contribution in [2.24, 2.45) is 0 Å². The van der Waals surface area contributed by atoms with Crippen molar-refractivity contribution in [2.45, 2.75) is 64.0 Å². The number of rotatable bonds is 8. The Morgan fingerprint density at radius 1 is 1.30 bits per heavy atom. The summed E-state index contributed by atoms with van der Waals surface area (Å²) in [7, 11) is 0. The van der Waals surface area contributed by atoms with E-state index in [1.165, 1.54) is 32.0 Å². The molecule has 202 valence electrons. The van der Waals surface area contributed by atoms with Crippen molar-refractivity contribution >= 4 is 46.9 Å². The van der Waals surface area contributed by atoms with Gasteiger partial charge in [0.05, 0.1) is 23.7 Å². The minimum Gasteiger partial charge on any atom is -0.433 e. The summed E-state index contributed by atoms with van der Waals surface area (Å²) >= 11 is 6.08. The fourth-order valence-electron chi connectivity index (χ4n) is 4.07. The number of ether oxygens (including phenoxy) is 2. The molecule has 0 bridgehead atoms. The van der Waals surface area contributed by atoms with E-state index in [-0.39, 0.29) is 35.2 Å². The summed E-state index contributed by atoms with van der Waals surface area (Å²) in [6.07, 6.45) is -2.19. The van der Waals surface area contributed by atoms with Gasteiger partial charge in [-0.05, 0) is 32.0 Å². The molecule has 0 spiro atoms. The molecule has 14 heteroatoms. The van der Waals surface area contributed by atoms with Crippen LogP contribution in [0.15, 0.2) is 18.2 Å². The van der Waals surface area contributed by atoms with Crippen LogP contribution in [0.5, 0.6) is 0 Å². The van der Waals surface area contributed by atoms with Crippen molar-refractivity contribution < 1.29 is 42.2 Å². The molecule has 3 N–H and O–H groups in total. The zero-order valence-electron chi connectivity index (χ0n) is 20.3. The van der Waals surface area contributed by atoms with E-state index in [2.05, 4.69) is 16.0 Å². The molecule has 4 atom stereocenters. The molecule has 3 rings (SSSR count). The van der Waals surface area contributed by atoms with Crippen molar-refractivity contribution in [3.63, 3.8) is 0 Å².